The van der Waals surface area contributed by atoms with Gasteiger partial charge in [0.15, 0.2) is 0 Å². The van der Waals surface area contributed by atoms with Gasteiger partial charge in [0.1, 0.15) is 5.15 Å². The van der Waals surface area contributed by atoms with Gasteiger partial charge in [0.25, 0.3) is 17.7 Å². The van der Waals surface area contributed by atoms with Gasteiger partial charge in [-0.3, -0.25) is 14.4 Å². The number of carbonyl (C=O) groups is 3. The number of hydrogen-bond donors (Lipinski definition) is 4. The summed E-state index contributed by atoms with van der Waals surface area (Å²) in [6.07, 6.45) is 1.38. The number of hydrogen-bond acceptors (Lipinski definition) is 5. The molecule has 5 N–H and O–H groups in total. The number of nitrogens with zero attached hydrogens (tertiary/aromatic N) is 1. The van der Waals surface area contributed by atoms with E-state index in [1.807, 2.05) is 12.1 Å². The van der Waals surface area contributed by atoms with Crippen molar-refractivity contribution in [3.05, 3.63) is 147 Å². The first-order valence-corrected chi connectivity index (χ1v) is 13.8. The van der Waals surface area contributed by atoms with Crippen molar-refractivity contribution >= 4 is 75.3 Å². The first-order valence-electron chi connectivity index (χ1n) is 12.7. The molecule has 0 aliphatic rings. The molecule has 0 unspecified atom stereocenters. The largest absolute Gasteiger partial charge is 0.399 e. The first-order chi connectivity index (χ1) is 20.7. The van der Waals surface area contributed by atoms with E-state index in [1.54, 1.807) is 91.0 Å². The van der Waals surface area contributed by atoms with Gasteiger partial charge in [-0.1, -0.05) is 71.2 Å². The number of carbonyl (C=O) groups excluding carboxylic acids is 3. The van der Waals surface area contributed by atoms with Gasteiger partial charge in [0.05, 0.1) is 27.0 Å². The van der Waals surface area contributed by atoms with Crippen molar-refractivity contribution < 1.29 is 14.4 Å². The normalized spacial score (nSPS) is 10.1. The van der Waals surface area contributed by atoms with Gasteiger partial charge in [0, 0.05) is 28.7 Å². The maximum atomic E-state index is 12.3. The van der Waals surface area contributed by atoms with Gasteiger partial charge in [-0.05, 0) is 72.8 Å². The zero-order valence-corrected chi connectivity index (χ0v) is 24.6. The van der Waals surface area contributed by atoms with E-state index in [-0.39, 0.29) is 17.7 Å². The summed E-state index contributed by atoms with van der Waals surface area (Å²) in [5.74, 6) is -0.854. The predicted molar refractivity (Wildman–Crippen MR) is 173 cm³/mol. The number of pyridine rings is 1. The van der Waals surface area contributed by atoms with E-state index in [9.17, 15) is 14.4 Å². The molecule has 0 radical (unpaired) electrons. The number of aromatic nitrogens is 1. The van der Waals surface area contributed by atoms with Crippen molar-refractivity contribution in [2.75, 3.05) is 21.7 Å². The van der Waals surface area contributed by atoms with Crippen molar-refractivity contribution in [2.45, 2.75) is 0 Å². The fourth-order valence-corrected chi connectivity index (χ4v) is 4.06. The average Bonchev–Trinajstić information content (AvgIpc) is 3.02. The third-order valence-corrected chi connectivity index (χ3v) is 6.66. The highest BCUT2D eigenvalue weighted by Gasteiger charge is 2.12. The van der Waals surface area contributed by atoms with E-state index in [2.05, 4.69) is 20.9 Å². The van der Waals surface area contributed by atoms with Crippen LogP contribution < -0.4 is 21.7 Å². The molecule has 0 saturated carbocycles. The lowest BCUT2D eigenvalue weighted by molar-refractivity contribution is 0.101. The van der Waals surface area contributed by atoms with Crippen LogP contribution in [0.5, 0.6) is 0 Å². The molecular weight excluding hydrogens is 609 g/mol. The number of rotatable bonds is 6. The number of nitrogens with one attached hydrogen (secondary N) is 3. The summed E-state index contributed by atoms with van der Waals surface area (Å²) in [4.78, 5) is 40.3. The molecule has 3 amide bonds. The number of amides is 3. The van der Waals surface area contributed by atoms with Crippen LogP contribution in [0.1, 0.15) is 31.1 Å². The molecule has 11 heteroatoms. The Hall–Kier alpha value is -4.89. The molecule has 5 rings (SSSR count). The summed E-state index contributed by atoms with van der Waals surface area (Å²) >= 11 is 17.8. The van der Waals surface area contributed by atoms with Crippen LogP contribution in [0.15, 0.2) is 115 Å². The van der Waals surface area contributed by atoms with Crippen LogP contribution >= 0.6 is 34.8 Å². The lowest BCUT2D eigenvalue weighted by atomic mass is 10.2. The molecule has 5 aromatic rings. The van der Waals surface area contributed by atoms with E-state index < -0.39 is 0 Å². The maximum Gasteiger partial charge on any atom is 0.257 e. The minimum absolute atomic E-state index is 0.210. The minimum Gasteiger partial charge on any atom is -0.399 e. The Labute approximate surface area is 262 Å². The van der Waals surface area contributed by atoms with Crippen molar-refractivity contribution in [1.29, 1.82) is 0 Å². The Bertz CT molecular complexity index is 1740. The molecule has 0 fully saturated rings. The summed E-state index contributed by atoms with van der Waals surface area (Å²) in [5, 5.41) is 9.31. The quantitative estimate of drug-likeness (QED) is 0.111. The van der Waals surface area contributed by atoms with E-state index in [0.717, 1.165) is 0 Å². The smallest absolute Gasteiger partial charge is 0.257 e. The van der Waals surface area contributed by atoms with Gasteiger partial charge in [-0.2, -0.15) is 0 Å². The van der Waals surface area contributed by atoms with Crippen LogP contribution in [0.3, 0.4) is 0 Å². The Morgan fingerprint density at radius 3 is 1.60 bits per heavy atom. The standard InChI is InChI=1S/C19H13Cl2N3O2.C13H11ClN2O/c20-15-8-7-14(23-19(26)13-6-9-17(21)22-11-13)10-16(15)24-18(25)12-4-2-1-3-5-12;14-11-7-6-10(15)8-12(11)16-13(17)9-4-2-1-3-5-9/h1-11H,(H,23,26)(H,24,25);1-8H,15H2,(H,16,17). The Balaban J connectivity index is 0.000000215. The fourth-order valence-electron chi connectivity index (χ4n) is 3.62. The molecule has 0 bridgehead atoms. The maximum absolute atomic E-state index is 12.3. The third kappa shape index (κ3) is 9.05. The minimum atomic E-state index is -0.350. The third-order valence-electron chi connectivity index (χ3n) is 5.77. The second kappa shape index (κ2) is 14.8. The molecule has 0 aliphatic heterocycles. The molecule has 8 nitrogen and oxygen atoms in total. The molecule has 4 aromatic carbocycles. The Kier molecular flexibility index (Phi) is 10.7. The zero-order chi connectivity index (χ0) is 30.8. The highest BCUT2D eigenvalue weighted by Crippen LogP contribution is 2.27. The molecule has 1 heterocycles. The average molecular weight is 633 g/mol. The molecule has 0 aliphatic carbocycles. The summed E-state index contributed by atoms with van der Waals surface area (Å²) in [6, 6.07) is 30.6. The Morgan fingerprint density at radius 2 is 1.07 bits per heavy atom. The van der Waals surface area contributed by atoms with Gasteiger partial charge >= 0.3 is 0 Å². The summed E-state index contributed by atoms with van der Waals surface area (Å²) in [7, 11) is 0. The molecule has 0 spiro atoms. The van der Waals surface area contributed by atoms with Crippen molar-refractivity contribution in [2.24, 2.45) is 0 Å². The second-order valence-electron chi connectivity index (χ2n) is 8.90. The topological polar surface area (TPSA) is 126 Å². The zero-order valence-electron chi connectivity index (χ0n) is 22.4. The Morgan fingerprint density at radius 1 is 0.558 bits per heavy atom. The van der Waals surface area contributed by atoms with E-state index in [1.165, 1.54) is 12.3 Å². The van der Waals surface area contributed by atoms with E-state index in [4.69, 9.17) is 40.5 Å². The van der Waals surface area contributed by atoms with E-state index in [0.29, 0.717) is 54.6 Å². The van der Waals surface area contributed by atoms with Crippen LogP contribution in [-0.4, -0.2) is 22.7 Å². The van der Waals surface area contributed by atoms with Gasteiger partial charge in [-0.25, -0.2) is 4.98 Å². The predicted octanol–water partition coefficient (Wildman–Crippen LogP) is 8.07. The van der Waals surface area contributed by atoms with Crippen molar-refractivity contribution in [3.8, 4) is 0 Å². The van der Waals surface area contributed by atoms with Crippen molar-refractivity contribution in [1.82, 2.24) is 4.98 Å². The number of anilines is 4. The van der Waals surface area contributed by atoms with Gasteiger partial charge in [0.2, 0.25) is 0 Å². The van der Waals surface area contributed by atoms with Crippen molar-refractivity contribution in [3.63, 3.8) is 0 Å². The lowest BCUT2D eigenvalue weighted by Gasteiger charge is -2.11. The van der Waals surface area contributed by atoms with Crippen LogP contribution in [0.2, 0.25) is 15.2 Å². The highest BCUT2D eigenvalue weighted by atomic mass is 35.5. The van der Waals surface area contributed by atoms with Gasteiger partial charge < -0.3 is 21.7 Å². The summed E-state index contributed by atoms with van der Waals surface area (Å²) in [6.45, 7) is 0. The summed E-state index contributed by atoms with van der Waals surface area (Å²) in [5.41, 5.74) is 9.02. The lowest BCUT2D eigenvalue weighted by Crippen LogP contribution is -2.14. The number of nitrogen functional groups attached to an aromatic ring is 1. The molecule has 0 atom stereocenters. The van der Waals surface area contributed by atoms with Gasteiger partial charge in [-0.15, -0.1) is 0 Å². The van der Waals surface area contributed by atoms with Crippen LogP contribution in [-0.2, 0) is 0 Å². The van der Waals surface area contributed by atoms with Crippen LogP contribution in [0.4, 0.5) is 22.7 Å². The SMILES string of the molecule is Nc1ccc(Cl)c(NC(=O)c2ccccc2)c1.O=C(Nc1ccc(Cl)c(NC(=O)c2ccccc2)c1)c1ccc(Cl)nc1. The number of halogens is 3. The molecule has 1 aromatic heterocycles. The van der Waals surface area contributed by atoms with Crippen LogP contribution in [0.25, 0.3) is 0 Å². The first kappa shape index (κ1) is 31.1. The fraction of sp³-hybridized carbons (Fsp3) is 0. The van der Waals surface area contributed by atoms with Crippen LogP contribution in [0, 0.1) is 0 Å². The summed E-state index contributed by atoms with van der Waals surface area (Å²) < 4.78 is 0. The number of benzene rings is 4. The molecule has 0 saturated heterocycles. The monoisotopic (exact) mass is 631 g/mol. The second-order valence-corrected chi connectivity index (χ2v) is 10.1. The highest BCUT2D eigenvalue weighted by molar-refractivity contribution is 6.34. The molecular formula is C32H24Cl3N5O3. The molecule has 216 valence electrons. The van der Waals surface area contributed by atoms with E-state index >= 15 is 0 Å². The molecule has 43 heavy (non-hydrogen) atoms. The number of nitrogens with two attached hydrogens (primary N) is 1.